The third-order valence-electron chi connectivity index (χ3n) is 15.3. The van der Waals surface area contributed by atoms with E-state index in [1.165, 1.54) is 104 Å². The van der Waals surface area contributed by atoms with Crippen molar-refractivity contribution in [3.63, 3.8) is 0 Å². The molecule has 1 unspecified atom stereocenters. The summed E-state index contributed by atoms with van der Waals surface area (Å²) < 4.78 is 2.83. The second-order valence-electron chi connectivity index (χ2n) is 23.0. The van der Waals surface area contributed by atoms with Crippen molar-refractivity contribution in [3.05, 3.63) is 124 Å². The molecule has 1 aromatic heterocycles. The molecule has 3 aromatic carbocycles. The molecule has 0 saturated heterocycles. The molecule has 0 bridgehead atoms. The third-order valence-corrected chi connectivity index (χ3v) is 16.4. The van der Waals surface area contributed by atoms with Crippen molar-refractivity contribution in [2.75, 3.05) is 5.32 Å². The molecule has 60 heavy (non-hydrogen) atoms. The van der Waals surface area contributed by atoms with Crippen LogP contribution in [0, 0.1) is 11.8 Å². The van der Waals surface area contributed by atoms with E-state index in [1.807, 2.05) is 11.3 Å². The smallest absolute Gasteiger partial charge is 0.254 e. The van der Waals surface area contributed by atoms with Crippen LogP contribution in [0.5, 0.6) is 0 Å². The molecule has 0 fully saturated rings. The highest BCUT2D eigenvalue weighted by molar-refractivity contribution is 7.31. The molecule has 1 heterocycles. The Hall–Kier alpha value is -3.50. The summed E-state index contributed by atoms with van der Waals surface area (Å²) in [6.45, 7) is 36.0. The first-order valence-corrected chi connectivity index (χ1v) is 24.3. The quantitative estimate of drug-likeness (QED) is 0.139. The van der Waals surface area contributed by atoms with Gasteiger partial charge in [-0.25, -0.2) is 0 Å². The Morgan fingerprint density at radius 1 is 0.750 bits per heavy atom. The summed E-state index contributed by atoms with van der Waals surface area (Å²) in [6.07, 6.45) is 15.1. The van der Waals surface area contributed by atoms with Crippen molar-refractivity contribution in [2.24, 2.45) is 11.8 Å². The predicted molar refractivity (Wildman–Crippen MR) is 267 cm³/mol. The summed E-state index contributed by atoms with van der Waals surface area (Å²) >= 11 is 2.02. The van der Waals surface area contributed by atoms with E-state index in [0.29, 0.717) is 11.8 Å². The Kier molecular flexibility index (Phi) is 12.1. The van der Waals surface area contributed by atoms with E-state index >= 15 is 0 Å². The first-order valence-electron chi connectivity index (χ1n) is 23.5. The van der Waals surface area contributed by atoms with Crippen molar-refractivity contribution in [1.82, 2.24) is 5.32 Å². The second kappa shape index (κ2) is 16.3. The van der Waals surface area contributed by atoms with Gasteiger partial charge < -0.3 is 10.6 Å². The summed E-state index contributed by atoms with van der Waals surface area (Å²) in [7, 11) is 0. The number of allylic oxidation sites excluding steroid dienone is 2. The minimum Gasteiger partial charge on any atom is -0.385 e. The summed E-state index contributed by atoms with van der Waals surface area (Å²) in [6, 6.07) is 25.0. The van der Waals surface area contributed by atoms with Gasteiger partial charge in [0.25, 0.3) is 6.71 Å². The number of benzene rings is 3. The van der Waals surface area contributed by atoms with Gasteiger partial charge in [0.15, 0.2) is 0 Å². The number of hydrogen-bond acceptors (Lipinski definition) is 3. The number of anilines is 1. The number of fused-ring (bicyclic) bond motifs is 3. The Labute approximate surface area is 370 Å². The van der Waals surface area contributed by atoms with Crippen molar-refractivity contribution < 1.29 is 0 Å². The Morgan fingerprint density at radius 2 is 1.33 bits per heavy atom. The van der Waals surface area contributed by atoms with Crippen LogP contribution < -0.4 is 20.9 Å². The first-order chi connectivity index (χ1) is 28.0. The fourth-order valence-corrected chi connectivity index (χ4v) is 11.8. The molecular formula is C56H77BN2S. The molecule has 2 N–H and O–H groups in total. The van der Waals surface area contributed by atoms with Crippen LogP contribution in [0.4, 0.5) is 5.69 Å². The molecule has 0 amide bonds. The molecule has 0 aliphatic heterocycles. The highest BCUT2D eigenvalue weighted by atomic mass is 32.1. The van der Waals surface area contributed by atoms with Crippen molar-refractivity contribution >= 4 is 44.1 Å². The van der Waals surface area contributed by atoms with E-state index in [0.717, 1.165) is 6.42 Å². The number of nitrogens with one attached hydrogen (secondary N) is 2. The standard InChI is InChI=1S/C56H77BN2S/c1-16-29-58-47-31-38(37(4)5)32-48(59-42-21-22-43-45(34-42)55(12,13)26-25-53(43,8)9)51(47)57(41-19-17-40(18-20-41)52(6,7)24-23-36(2)3)50-33-39-30-44-46(35-49(39)60-50)56(14,15)28-27-54(44,10)11/h16-22,29-30,32-37,47,58-59H,23-28,31H2,1-15H3/b29-16+. The zero-order chi connectivity index (χ0) is 43.6. The molecular weight excluding hydrogens is 744 g/mol. The van der Waals surface area contributed by atoms with Gasteiger partial charge in [-0.15, -0.1) is 11.3 Å². The van der Waals surface area contributed by atoms with Crippen LogP contribution in [0.2, 0.25) is 0 Å². The number of thiophene rings is 1. The van der Waals surface area contributed by atoms with Crippen LogP contribution >= 0.6 is 11.3 Å². The van der Waals surface area contributed by atoms with Crippen LogP contribution in [0.25, 0.3) is 10.1 Å². The van der Waals surface area contributed by atoms with E-state index in [1.54, 1.807) is 5.56 Å². The average Bonchev–Trinajstić information content (AvgIpc) is 3.60. The maximum absolute atomic E-state index is 4.16. The Morgan fingerprint density at radius 3 is 1.92 bits per heavy atom. The van der Waals surface area contributed by atoms with Gasteiger partial charge in [0.05, 0.1) is 0 Å². The van der Waals surface area contributed by atoms with Gasteiger partial charge in [0.2, 0.25) is 0 Å². The lowest BCUT2D eigenvalue weighted by molar-refractivity contribution is 0.332. The molecule has 320 valence electrons. The summed E-state index contributed by atoms with van der Waals surface area (Å²) in [5.41, 5.74) is 15.0. The van der Waals surface area contributed by atoms with Gasteiger partial charge in [0.1, 0.15) is 0 Å². The maximum Gasteiger partial charge on any atom is 0.254 e. The fourth-order valence-electron chi connectivity index (χ4n) is 10.6. The molecule has 1 atom stereocenters. The van der Waals surface area contributed by atoms with Crippen LogP contribution in [0.3, 0.4) is 0 Å². The average molecular weight is 821 g/mol. The van der Waals surface area contributed by atoms with Crippen LogP contribution in [0.15, 0.2) is 95.8 Å². The van der Waals surface area contributed by atoms with Gasteiger partial charge in [-0.2, -0.15) is 0 Å². The molecule has 4 aromatic rings. The summed E-state index contributed by atoms with van der Waals surface area (Å²) in [4.78, 5) is 0. The minimum absolute atomic E-state index is 0.0662. The van der Waals surface area contributed by atoms with Crippen molar-refractivity contribution in [2.45, 2.75) is 182 Å². The molecule has 2 nitrogen and oxygen atoms in total. The molecule has 7 rings (SSSR count). The topological polar surface area (TPSA) is 24.1 Å². The molecule has 3 aliphatic rings. The molecule has 3 aliphatic carbocycles. The zero-order valence-corrected chi connectivity index (χ0v) is 41.0. The normalized spacial score (nSPS) is 20.7. The van der Waals surface area contributed by atoms with Crippen molar-refractivity contribution in [3.8, 4) is 0 Å². The fraction of sp³-hybridized carbons (Fsp3) is 0.536. The lowest BCUT2D eigenvalue weighted by atomic mass is 9.36. The van der Waals surface area contributed by atoms with Crippen LogP contribution in [-0.4, -0.2) is 12.8 Å². The Balaban J connectivity index is 1.46. The third kappa shape index (κ3) is 8.75. The van der Waals surface area contributed by atoms with E-state index in [4.69, 9.17) is 0 Å². The number of hydrogen-bond donors (Lipinski definition) is 2. The highest BCUT2D eigenvalue weighted by Crippen LogP contribution is 2.49. The first kappa shape index (κ1) is 44.6. The van der Waals surface area contributed by atoms with E-state index in [9.17, 15) is 0 Å². The lowest BCUT2D eigenvalue weighted by Gasteiger charge is -2.42. The largest absolute Gasteiger partial charge is 0.385 e. The minimum atomic E-state index is 0.0662. The van der Waals surface area contributed by atoms with E-state index in [-0.39, 0.29) is 39.8 Å². The maximum atomic E-state index is 4.16. The van der Waals surface area contributed by atoms with Crippen LogP contribution in [-0.2, 0) is 27.1 Å². The predicted octanol–water partition coefficient (Wildman–Crippen LogP) is 14.3. The summed E-state index contributed by atoms with van der Waals surface area (Å²) in [5.74, 6) is 1.14. The second-order valence-corrected chi connectivity index (χ2v) is 24.2. The SMILES string of the molecule is C/C=C/NC1CC(C(C)C)=CC(Nc2ccc3c(c2)C(C)(C)CCC3(C)C)=C1B(c1ccc(C(C)(C)CCC(C)C)cc1)c1cc2cc3c(cc2s1)C(C)(C)CCC3(C)C. The zero-order valence-electron chi connectivity index (χ0n) is 40.2. The monoisotopic (exact) mass is 821 g/mol. The van der Waals surface area contributed by atoms with Gasteiger partial charge in [-0.05, 0) is 170 Å². The van der Waals surface area contributed by atoms with Gasteiger partial charge in [-0.1, -0.05) is 151 Å². The van der Waals surface area contributed by atoms with Crippen LogP contribution in [0.1, 0.15) is 177 Å². The molecule has 0 saturated carbocycles. The highest BCUT2D eigenvalue weighted by Gasteiger charge is 2.41. The molecule has 0 spiro atoms. The van der Waals surface area contributed by atoms with E-state index < -0.39 is 0 Å². The molecule has 0 radical (unpaired) electrons. The molecule has 4 heteroatoms. The van der Waals surface area contributed by atoms with Gasteiger partial charge in [0, 0.05) is 22.1 Å². The van der Waals surface area contributed by atoms with E-state index in [2.05, 4.69) is 194 Å². The Bertz CT molecular complexity index is 2250. The lowest BCUT2D eigenvalue weighted by Crippen LogP contribution is -2.50. The van der Waals surface area contributed by atoms with Gasteiger partial charge >= 0.3 is 0 Å². The summed E-state index contributed by atoms with van der Waals surface area (Å²) in [5, 5.41) is 9.52. The van der Waals surface area contributed by atoms with Gasteiger partial charge in [-0.3, -0.25) is 0 Å². The van der Waals surface area contributed by atoms with Crippen molar-refractivity contribution in [1.29, 1.82) is 0 Å². The number of rotatable bonds is 12.